The minimum atomic E-state index is 0.561. The van der Waals surface area contributed by atoms with Crippen LogP contribution in [0.15, 0.2) is 6.33 Å². The SMILES string of the molecule is c1nc2c([nH]1)CNC(CNC1CC1)C2. The maximum Gasteiger partial charge on any atom is 0.0925 e. The molecule has 1 aliphatic heterocycles. The second kappa shape index (κ2) is 3.37. The predicted octanol–water partition coefficient (Wildman–Crippen LogP) is 0.176. The summed E-state index contributed by atoms with van der Waals surface area (Å²) >= 11 is 0. The van der Waals surface area contributed by atoms with Crippen LogP contribution in [0, 0.1) is 0 Å². The molecule has 1 aromatic rings. The molecule has 4 heteroatoms. The van der Waals surface area contributed by atoms with Gasteiger partial charge in [0.05, 0.1) is 17.7 Å². The molecule has 2 heterocycles. The van der Waals surface area contributed by atoms with Crippen LogP contribution in [-0.4, -0.2) is 28.6 Å². The van der Waals surface area contributed by atoms with E-state index in [1.165, 1.54) is 24.2 Å². The zero-order chi connectivity index (χ0) is 9.38. The first-order chi connectivity index (χ1) is 6.92. The van der Waals surface area contributed by atoms with Crippen molar-refractivity contribution >= 4 is 0 Å². The number of rotatable bonds is 3. The van der Waals surface area contributed by atoms with E-state index in [1.807, 2.05) is 0 Å². The molecule has 76 valence electrons. The third-order valence-electron chi connectivity index (χ3n) is 3.05. The van der Waals surface area contributed by atoms with E-state index in [4.69, 9.17) is 0 Å². The summed E-state index contributed by atoms with van der Waals surface area (Å²) in [5.41, 5.74) is 2.50. The highest BCUT2D eigenvalue weighted by molar-refractivity contribution is 5.16. The van der Waals surface area contributed by atoms with Gasteiger partial charge in [0.1, 0.15) is 0 Å². The smallest absolute Gasteiger partial charge is 0.0925 e. The fraction of sp³-hybridized carbons (Fsp3) is 0.700. The Balaban J connectivity index is 1.57. The van der Waals surface area contributed by atoms with Crippen molar-refractivity contribution in [1.82, 2.24) is 20.6 Å². The van der Waals surface area contributed by atoms with Crippen molar-refractivity contribution < 1.29 is 0 Å². The number of hydrogen-bond acceptors (Lipinski definition) is 3. The number of imidazole rings is 1. The topological polar surface area (TPSA) is 52.7 Å². The third-order valence-corrected chi connectivity index (χ3v) is 3.05. The maximum atomic E-state index is 4.33. The van der Waals surface area contributed by atoms with Crippen LogP contribution in [0.3, 0.4) is 0 Å². The van der Waals surface area contributed by atoms with Crippen LogP contribution in [0.4, 0.5) is 0 Å². The minimum Gasteiger partial charge on any atom is -0.347 e. The maximum absolute atomic E-state index is 4.33. The van der Waals surface area contributed by atoms with Crippen molar-refractivity contribution in [3.63, 3.8) is 0 Å². The first kappa shape index (κ1) is 8.44. The highest BCUT2D eigenvalue weighted by Gasteiger charge is 2.24. The Labute approximate surface area is 83.5 Å². The summed E-state index contributed by atoms with van der Waals surface area (Å²) in [5, 5.41) is 7.06. The lowest BCUT2D eigenvalue weighted by Crippen LogP contribution is -2.43. The van der Waals surface area contributed by atoms with Crippen LogP contribution in [0.1, 0.15) is 24.2 Å². The average Bonchev–Trinajstić information content (AvgIpc) is 2.92. The van der Waals surface area contributed by atoms with Crippen LogP contribution in [-0.2, 0) is 13.0 Å². The lowest BCUT2D eigenvalue weighted by Gasteiger charge is -2.23. The van der Waals surface area contributed by atoms with E-state index in [1.54, 1.807) is 6.33 Å². The summed E-state index contributed by atoms with van der Waals surface area (Å²) < 4.78 is 0. The number of aromatic nitrogens is 2. The fourth-order valence-corrected chi connectivity index (χ4v) is 1.97. The number of aromatic amines is 1. The standard InChI is InChI=1S/C10H16N4/c1-2-7(1)11-4-8-3-9-10(5-12-8)14-6-13-9/h6-8,11-12H,1-5H2,(H,13,14). The van der Waals surface area contributed by atoms with E-state index < -0.39 is 0 Å². The Morgan fingerprint density at radius 1 is 1.50 bits per heavy atom. The molecule has 0 bridgehead atoms. The Kier molecular flexibility index (Phi) is 2.03. The Hall–Kier alpha value is -0.870. The van der Waals surface area contributed by atoms with Gasteiger partial charge in [0, 0.05) is 31.6 Å². The van der Waals surface area contributed by atoms with E-state index in [9.17, 15) is 0 Å². The monoisotopic (exact) mass is 192 g/mol. The van der Waals surface area contributed by atoms with Crippen molar-refractivity contribution in [3.05, 3.63) is 17.7 Å². The zero-order valence-electron chi connectivity index (χ0n) is 8.21. The lowest BCUT2D eigenvalue weighted by atomic mass is 10.1. The molecular weight excluding hydrogens is 176 g/mol. The molecule has 1 atom stereocenters. The summed E-state index contributed by atoms with van der Waals surface area (Å²) in [6.45, 7) is 2.02. The summed E-state index contributed by atoms with van der Waals surface area (Å²) in [7, 11) is 0. The summed E-state index contributed by atoms with van der Waals surface area (Å²) in [4.78, 5) is 7.49. The molecule has 0 saturated heterocycles. The van der Waals surface area contributed by atoms with Crippen molar-refractivity contribution in [2.24, 2.45) is 0 Å². The molecule has 3 N–H and O–H groups in total. The van der Waals surface area contributed by atoms with Gasteiger partial charge in [0.25, 0.3) is 0 Å². The third kappa shape index (κ3) is 1.67. The number of nitrogens with one attached hydrogen (secondary N) is 3. The van der Waals surface area contributed by atoms with Crippen molar-refractivity contribution in [3.8, 4) is 0 Å². The Bertz CT molecular complexity index is 316. The first-order valence-corrected chi connectivity index (χ1v) is 5.40. The fourth-order valence-electron chi connectivity index (χ4n) is 1.97. The van der Waals surface area contributed by atoms with Gasteiger partial charge >= 0.3 is 0 Å². The second-order valence-corrected chi connectivity index (χ2v) is 4.29. The molecule has 0 amide bonds. The molecule has 1 unspecified atom stereocenters. The van der Waals surface area contributed by atoms with Crippen molar-refractivity contribution in [2.45, 2.75) is 37.9 Å². The first-order valence-electron chi connectivity index (χ1n) is 5.40. The van der Waals surface area contributed by atoms with Crippen LogP contribution in [0.25, 0.3) is 0 Å². The molecular formula is C10H16N4. The minimum absolute atomic E-state index is 0.561. The van der Waals surface area contributed by atoms with Gasteiger partial charge in [0.2, 0.25) is 0 Å². The van der Waals surface area contributed by atoms with Crippen LogP contribution in [0.2, 0.25) is 0 Å². The summed E-state index contributed by atoms with van der Waals surface area (Å²) in [6.07, 6.45) is 5.57. The molecule has 4 nitrogen and oxygen atoms in total. The van der Waals surface area contributed by atoms with Gasteiger partial charge in [0.15, 0.2) is 0 Å². The van der Waals surface area contributed by atoms with Crippen LogP contribution in [0.5, 0.6) is 0 Å². The van der Waals surface area contributed by atoms with Gasteiger partial charge in [-0.25, -0.2) is 4.98 Å². The number of fused-ring (bicyclic) bond motifs is 1. The van der Waals surface area contributed by atoms with E-state index >= 15 is 0 Å². The molecule has 1 fully saturated rings. The Morgan fingerprint density at radius 2 is 2.43 bits per heavy atom. The van der Waals surface area contributed by atoms with Crippen LogP contribution >= 0.6 is 0 Å². The zero-order valence-corrected chi connectivity index (χ0v) is 8.21. The predicted molar refractivity (Wildman–Crippen MR) is 53.9 cm³/mol. The van der Waals surface area contributed by atoms with Crippen molar-refractivity contribution in [2.75, 3.05) is 6.54 Å². The van der Waals surface area contributed by atoms with Gasteiger partial charge in [-0.1, -0.05) is 0 Å². The molecule has 1 aromatic heterocycles. The lowest BCUT2D eigenvalue weighted by molar-refractivity contribution is 0.440. The van der Waals surface area contributed by atoms with E-state index in [2.05, 4.69) is 20.6 Å². The highest BCUT2D eigenvalue weighted by atomic mass is 15.1. The van der Waals surface area contributed by atoms with Crippen LogP contribution < -0.4 is 10.6 Å². The molecule has 1 aliphatic carbocycles. The quantitative estimate of drug-likeness (QED) is 0.640. The van der Waals surface area contributed by atoms with Gasteiger partial charge in [-0.15, -0.1) is 0 Å². The second-order valence-electron chi connectivity index (χ2n) is 4.29. The molecule has 0 aromatic carbocycles. The highest BCUT2D eigenvalue weighted by Crippen LogP contribution is 2.19. The van der Waals surface area contributed by atoms with Gasteiger partial charge in [-0.2, -0.15) is 0 Å². The number of hydrogen-bond donors (Lipinski definition) is 3. The number of nitrogens with zero attached hydrogens (tertiary/aromatic N) is 1. The number of H-pyrrole nitrogens is 1. The van der Waals surface area contributed by atoms with E-state index in [-0.39, 0.29) is 0 Å². The normalized spacial score (nSPS) is 26.1. The van der Waals surface area contributed by atoms with E-state index in [0.29, 0.717) is 6.04 Å². The van der Waals surface area contributed by atoms with Crippen molar-refractivity contribution in [1.29, 1.82) is 0 Å². The van der Waals surface area contributed by atoms with Gasteiger partial charge in [-0.05, 0) is 12.8 Å². The molecule has 14 heavy (non-hydrogen) atoms. The summed E-state index contributed by atoms with van der Waals surface area (Å²) in [6, 6.07) is 1.36. The van der Waals surface area contributed by atoms with E-state index in [0.717, 1.165) is 25.6 Å². The molecule has 0 spiro atoms. The average molecular weight is 192 g/mol. The van der Waals surface area contributed by atoms with Gasteiger partial charge in [-0.3, -0.25) is 0 Å². The molecule has 0 radical (unpaired) electrons. The molecule has 2 aliphatic rings. The molecule has 3 rings (SSSR count). The largest absolute Gasteiger partial charge is 0.347 e. The Morgan fingerprint density at radius 3 is 3.29 bits per heavy atom. The molecule has 1 saturated carbocycles. The summed E-state index contributed by atoms with van der Waals surface area (Å²) in [5.74, 6) is 0. The van der Waals surface area contributed by atoms with Gasteiger partial charge < -0.3 is 15.6 Å².